The number of fused-ring (bicyclic) bond motifs is 1. The molecule has 3 heterocycles. The predicted molar refractivity (Wildman–Crippen MR) is 128 cm³/mol. The molecule has 0 saturated heterocycles. The molecule has 2 amide bonds. The molecule has 0 unspecified atom stereocenters. The number of hydrogen-bond donors (Lipinski definition) is 2. The first-order valence-electron chi connectivity index (χ1n) is 11.1. The monoisotopic (exact) mass is 439 g/mol. The lowest BCUT2D eigenvalue weighted by atomic mass is 9.98. The molecule has 2 aromatic heterocycles. The van der Waals surface area contributed by atoms with E-state index in [0.29, 0.717) is 19.5 Å². The topological polar surface area (TPSA) is 78.3 Å². The Morgan fingerprint density at radius 2 is 1.85 bits per heavy atom. The summed E-state index contributed by atoms with van der Waals surface area (Å²) in [5, 5.41) is 4.07. The van der Waals surface area contributed by atoms with E-state index in [-0.39, 0.29) is 17.6 Å². The van der Waals surface area contributed by atoms with Crippen LogP contribution >= 0.6 is 0 Å². The van der Waals surface area contributed by atoms with Crippen molar-refractivity contribution in [3.8, 4) is 0 Å². The highest BCUT2D eigenvalue weighted by atomic mass is 16.3. The van der Waals surface area contributed by atoms with E-state index in [0.717, 1.165) is 17.5 Å². The Kier molecular flexibility index (Phi) is 5.81. The smallest absolute Gasteiger partial charge is 0.287 e. The van der Waals surface area contributed by atoms with Crippen molar-refractivity contribution in [3.63, 3.8) is 0 Å². The summed E-state index contributed by atoms with van der Waals surface area (Å²) < 4.78 is 5.21. The second kappa shape index (κ2) is 9.20. The van der Waals surface area contributed by atoms with Crippen molar-refractivity contribution in [1.82, 2.24) is 15.2 Å². The van der Waals surface area contributed by atoms with E-state index in [1.54, 1.807) is 12.1 Å². The second-order valence-electron chi connectivity index (χ2n) is 8.20. The number of nitrogens with one attached hydrogen (secondary N) is 2. The summed E-state index contributed by atoms with van der Waals surface area (Å²) in [5.41, 5.74) is 4.51. The molecular formula is C27H25N3O3. The molecule has 5 rings (SSSR count). The number of rotatable bonds is 6. The van der Waals surface area contributed by atoms with Crippen LogP contribution in [0.15, 0.2) is 89.7 Å². The van der Waals surface area contributed by atoms with Crippen LogP contribution in [0.1, 0.15) is 28.1 Å². The van der Waals surface area contributed by atoms with Gasteiger partial charge in [-0.05, 0) is 35.8 Å². The van der Waals surface area contributed by atoms with E-state index in [4.69, 9.17) is 4.42 Å². The van der Waals surface area contributed by atoms with Crippen LogP contribution in [0.4, 0.5) is 0 Å². The number of aromatic amines is 1. The van der Waals surface area contributed by atoms with Gasteiger partial charge in [0.2, 0.25) is 5.91 Å². The third kappa shape index (κ3) is 4.46. The number of hydrogen-bond acceptors (Lipinski definition) is 3. The summed E-state index contributed by atoms with van der Waals surface area (Å²) >= 11 is 0. The Balaban J connectivity index is 1.33. The standard InChI is InChI=1S/C27H25N3O3/c31-26(25-11-6-16-33-25)29-24(17-19-7-2-1-3-8-19)27(32)30-14-12-20(13-15-30)22-18-28-23-10-5-4-9-21(22)23/h1-12,16,18,24,28H,13-15,17H2,(H,29,31)/t24-/m0/s1. The minimum atomic E-state index is -0.673. The lowest BCUT2D eigenvalue weighted by Crippen LogP contribution is -2.50. The summed E-state index contributed by atoms with van der Waals surface area (Å²) in [6, 6.07) is 20.5. The third-order valence-electron chi connectivity index (χ3n) is 6.09. The van der Waals surface area contributed by atoms with E-state index >= 15 is 0 Å². The van der Waals surface area contributed by atoms with Crippen LogP contribution in [0.2, 0.25) is 0 Å². The average molecular weight is 440 g/mol. The number of benzene rings is 2. The zero-order valence-electron chi connectivity index (χ0n) is 18.2. The number of H-pyrrole nitrogens is 1. The van der Waals surface area contributed by atoms with E-state index in [2.05, 4.69) is 28.5 Å². The number of carbonyl (C=O) groups is 2. The van der Waals surface area contributed by atoms with Gasteiger partial charge in [-0.15, -0.1) is 0 Å². The maximum atomic E-state index is 13.5. The third-order valence-corrected chi connectivity index (χ3v) is 6.09. The van der Waals surface area contributed by atoms with Gasteiger partial charge >= 0.3 is 0 Å². The van der Waals surface area contributed by atoms with E-state index in [1.807, 2.05) is 53.6 Å². The van der Waals surface area contributed by atoms with Crippen molar-refractivity contribution in [2.45, 2.75) is 18.9 Å². The van der Waals surface area contributed by atoms with Crippen molar-refractivity contribution >= 4 is 28.3 Å². The van der Waals surface area contributed by atoms with Gasteiger partial charge in [0, 0.05) is 42.2 Å². The molecule has 6 nitrogen and oxygen atoms in total. The fraction of sp³-hybridized carbons (Fsp3) is 0.185. The Hall–Kier alpha value is -4.06. The van der Waals surface area contributed by atoms with Gasteiger partial charge in [-0.25, -0.2) is 0 Å². The van der Waals surface area contributed by atoms with Gasteiger partial charge in [-0.3, -0.25) is 9.59 Å². The van der Waals surface area contributed by atoms with Gasteiger partial charge in [0.25, 0.3) is 5.91 Å². The zero-order valence-corrected chi connectivity index (χ0v) is 18.2. The number of nitrogens with zero attached hydrogens (tertiary/aromatic N) is 1. The molecule has 33 heavy (non-hydrogen) atoms. The van der Waals surface area contributed by atoms with Crippen LogP contribution in [-0.2, 0) is 11.2 Å². The normalized spacial score (nSPS) is 14.7. The zero-order chi connectivity index (χ0) is 22.6. The number of furan rings is 1. The van der Waals surface area contributed by atoms with Gasteiger partial charge in [0.1, 0.15) is 6.04 Å². The molecule has 0 saturated carbocycles. The molecule has 2 N–H and O–H groups in total. The molecule has 6 heteroatoms. The summed E-state index contributed by atoms with van der Waals surface area (Å²) in [6.07, 6.45) is 6.78. The number of para-hydroxylation sites is 1. The molecule has 1 aliphatic rings. The first kappa shape index (κ1) is 20.8. The highest BCUT2D eigenvalue weighted by molar-refractivity contribution is 5.96. The van der Waals surface area contributed by atoms with Gasteiger partial charge in [-0.1, -0.05) is 54.6 Å². The van der Waals surface area contributed by atoms with Crippen molar-refractivity contribution in [2.75, 3.05) is 13.1 Å². The molecule has 1 aliphatic heterocycles. The van der Waals surface area contributed by atoms with Gasteiger partial charge in [-0.2, -0.15) is 0 Å². The summed E-state index contributed by atoms with van der Waals surface area (Å²) in [7, 11) is 0. The molecule has 0 bridgehead atoms. The first-order chi connectivity index (χ1) is 16.2. The summed E-state index contributed by atoms with van der Waals surface area (Å²) in [5.74, 6) is -0.282. The minimum absolute atomic E-state index is 0.0898. The fourth-order valence-electron chi connectivity index (χ4n) is 4.36. The van der Waals surface area contributed by atoms with E-state index in [1.165, 1.54) is 22.8 Å². The quantitative estimate of drug-likeness (QED) is 0.467. The Morgan fingerprint density at radius 3 is 2.61 bits per heavy atom. The molecule has 0 spiro atoms. The van der Waals surface area contributed by atoms with Crippen LogP contribution in [-0.4, -0.2) is 40.8 Å². The Bertz CT molecular complexity index is 1290. The van der Waals surface area contributed by atoms with Crippen LogP contribution < -0.4 is 5.32 Å². The van der Waals surface area contributed by atoms with Crippen LogP contribution in [0.25, 0.3) is 16.5 Å². The molecule has 0 aliphatic carbocycles. The Morgan fingerprint density at radius 1 is 1.03 bits per heavy atom. The molecule has 1 atom stereocenters. The van der Waals surface area contributed by atoms with Gasteiger partial charge in [0.15, 0.2) is 5.76 Å². The van der Waals surface area contributed by atoms with Crippen LogP contribution in [0, 0.1) is 0 Å². The molecule has 166 valence electrons. The van der Waals surface area contributed by atoms with Crippen molar-refractivity contribution in [3.05, 3.63) is 102 Å². The van der Waals surface area contributed by atoms with Crippen LogP contribution in [0.5, 0.6) is 0 Å². The second-order valence-corrected chi connectivity index (χ2v) is 8.20. The van der Waals surface area contributed by atoms with Crippen molar-refractivity contribution in [2.24, 2.45) is 0 Å². The average Bonchev–Trinajstić information content (AvgIpc) is 3.55. The number of aromatic nitrogens is 1. The highest BCUT2D eigenvalue weighted by Gasteiger charge is 2.28. The molecule has 0 fully saturated rings. The van der Waals surface area contributed by atoms with Gasteiger partial charge < -0.3 is 19.6 Å². The first-order valence-corrected chi connectivity index (χ1v) is 11.1. The minimum Gasteiger partial charge on any atom is -0.459 e. The highest BCUT2D eigenvalue weighted by Crippen LogP contribution is 2.29. The van der Waals surface area contributed by atoms with Gasteiger partial charge in [0.05, 0.1) is 6.26 Å². The molecule has 2 aromatic carbocycles. The molecule has 0 radical (unpaired) electrons. The fourth-order valence-corrected chi connectivity index (χ4v) is 4.36. The number of amides is 2. The number of carbonyl (C=O) groups excluding carboxylic acids is 2. The Labute approximate surface area is 191 Å². The SMILES string of the molecule is O=C(N[C@@H](Cc1ccccc1)C(=O)N1CC=C(c2c[nH]c3ccccc23)CC1)c1ccco1. The maximum Gasteiger partial charge on any atom is 0.287 e. The molecular weight excluding hydrogens is 414 g/mol. The van der Waals surface area contributed by atoms with Crippen molar-refractivity contribution < 1.29 is 14.0 Å². The largest absolute Gasteiger partial charge is 0.459 e. The lowest BCUT2D eigenvalue weighted by molar-refractivity contribution is -0.132. The van der Waals surface area contributed by atoms with E-state index < -0.39 is 6.04 Å². The maximum absolute atomic E-state index is 13.5. The predicted octanol–water partition coefficient (Wildman–Crippen LogP) is 4.42. The lowest BCUT2D eigenvalue weighted by Gasteiger charge is -2.30. The van der Waals surface area contributed by atoms with E-state index in [9.17, 15) is 9.59 Å². The van der Waals surface area contributed by atoms with Crippen LogP contribution in [0.3, 0.4) is 0 Å². The summed E-state index contributed by atoms with van der Waals surface area (Å²) in [4.78, 5) is 31.2. The summed E-state index contributed by atoms with van der Waals surface area (Å²) in [6.45, 7) is 1.11. The van der Waals surface area contributed by atoms with Crippen molar-refractivity contribution in [1.29, 1.82) is 0 Å². The molecule has 4 aromatic rings.